The van der Waals surface area contributed by atoms with Crippen LogP contribution in [0.25, 0.3) is 11.4 Å². The van der Waals surface area contributed by atoms with Gasteiger partial charge < -0.3 is 25.2 Å². The van der Waals surface area contributed by atoms with Gasteiger partial charge in [0.15, 0.2) is 5.96 Å². The van der Waals surface area contributed by atoms with E-state index in [9.17, 15) is 9.18 Å². The van der Waals surface area contributed by atoms with Gasteiger partial charge in [-0.15, -0.1) is 24.0 Å². The monoisotopic (exact) mass is 546 g/mol. The lowest BCUT2D eigenvalue weighted by Gasteiger charge is -2.31. The predicted molar refractivity (Wildman–Crippen MR) is 125 cm³/mol. The first-order chi connectivity index (χ1) is 14.5. The van der Waals surface area contributed by atoms with Gasteiger partial charge in [-0.3, -0.25) is 4.99 Å². The molecule has 11 heteroatoms. The van der Waals surface area contributed by atoms with Crippen LogP contribution in [0.3, 0.4) is 0 Å². The van der Waals surface area contributed by atoms with E-state index < -0.39 is 0 Å². The van der Waals surface area contributed by atoms with Gasteiger partial charge in [-0.05, 0) is 50.5 Å². The van der Waals surface area contributed by atoms with Gasteiger partial charge in [0, 0.05) is 37.7 Å². The Morgan fingerprint density at radius 1 is 1.35 bits per heavy atom. The SMILES string of the molecule is CCOC(=O)N1CCC(NC(N)=NCCCc2nc(-c3ccc(F)cc3)no2)CC1.I. The highest BCUT2D eigenvalue weighted by atomic mass is 127. The first kappa shape index (κ1) is 24.8. The van der Waals surface area contributed by atoms with E-state index in [4.69, 9.17) is 15.0 Å². The largest absolute Gasteiger partial charge is 0.450 e. The minimum Gasteiger partial charge on any atom is -0.450 e. The highest BCUT2D eigenvalue weighted by Crippen LogP contribution is 2.16. The Labute approximate surface area is 197 Å². The van der Waals surface area contributed by atoms with Crippen LogP contribution in [0.15, 0.2) is 33.8 Å². The normalized spacial score (nSPS) is 14.8. The molecule has 2 heterocycles. The van der Waals surface area contributed by atoms with E-state index in [1.54, 1.807) is 24.0 Å². The Morgan fingerprint density at radius 2 is 2.06 bits per heavy atom. The zero-order chi connectivity index (χ0) is 21.3. The summed E-state index contributed by atoms with van der Waals surface area (Å²) in [4.78, 5) is 22.1. The molecule has 3 rings (SSSR count). The fraction of sp³-hybridized carbons (Fsp3) is 0.500. The number of nitrogens with one attached hydrogen (secondary N) is 1. The van der Waals surface area contributed by atoms with E-state index >= 15 is 0 Å². The molecular formula is C20H28FIN6O3. The number of hydrogen-bond acceptors (Lipinski definition) is 6. The molecule has 1 aliphatic heterocycles. The van der Waals surface area contributed by atoms with Crippen LogP contribution in [-0.2, 0) is 11.2 Å². The van der Waals surface area contributed by atoms with Gasteiger partial charge in [0.1, 0.15) is 5.82 Å². The summed E-state index contributed by atoms with van der Waals surface area (Å²) in [5, 5.41) is 7.13. The first-order valence-electron chi connectivity index (χ1n) is 10.1. The molecule has 1 amide bonds. The van der Waals surface area contributed by atoms with Crippen LogP contribution in [0.5, 0.6) is 0 Å². The lowest BCUT2D eigenvalue weighted by atomic mass is 10.1. The summed E-state index contributed by atoms with van der Waals surface area (Å²) in [7, 11) is 0. The second-order valence-electron chi connectivity index (χ2n) is 6.99. The maximum absolute atomic E-state index is 13.0. The van der Waals surface area contributed by atoms with E-state index in [1.807, 2.05) is 0 Å². The highest BCUT2D eigenvalue weighted by molar-refractivity contribution is 14.0. The van der Waals surface area contributed by atoms with Gasteiger partial charge in [0.25, 0.3) is 0 Å². The van der Waals surface area contributed by atoms with Crippen molar-refractivity contribution in [1.29, 1.82) is 0 Å². The quantitative estimate of drug-likeness (QED) is 0.237. The minimum absolute atomic E-state index is 0. The van der Waals surface area contributed by atoms with Crippen LogP contribution in [0.2, 0.25) is 0 Å². The summed E-state index contributed by atoms with van der Waals surface area (Å²) in [6.07, 6.45) is 2.60. The van der Waals surface area contributed by atoms with Crippen LogP contribution in [-0.4, -0.2) is 59.4 Å². The van der Waals surface area contributed by atoms with Crippen molar-refractivity contribution in [2.45, 2.75) is 38.6 Å². The van der Waals surface area contributed by atoms with E-state index in [-0.39, 0.29) is 41.9 Å². The fourth-order valence-corrected chi connectivity index (χ4v) is 3.18. The van der Waals surface area contributed by atoms with Gasteiger partial charge in [0.05, 0.1) is 6.61 Å². The predicted octanol–water partition coefficient (Wildman–Crippen LogP) is 2.95. The third-order valence-corrected chi connectivity index (χ3v) is 4.77. The van der Waals surface area contributed by atoms with Crippen LogP contribution < -0.4 is 11.1 Å². The number of aryl methyl sites for hydroxylation is 1. The van der Waals surface area contributed by atoms with Crippen LogP contribution >= 0.6 is 24.0 Å². The van der Waals surface area contributed by atoms with Crippen molar-refractivity contribution in [2.75, 3.05) is 26.2 Å². The Bertz CT molecular complexity index is 853. The molecule has 1 saturated heterocycles. The zero-order valence-corrected chi connectivity index (χ0v) is 19.8. The molecular weight excluding hydrogens is 518 g/mol. The molecule has 1 fully saturated rings. The molecule has 31 heavy (non-hydrogen) atoms. The number of nitrogens with two attached hydrogens (primary N) is 1. The molecule has 0 unspecified atom stereocenters. The van der Waals surface area contributed by atoms with Crippen molar-refractivity contribution >= 4 is 36.0 Å². The lowest BCUT2D eigenvalue weighted by Crippen LogP contribution is -2.48. The lowest BCUT2D eigenvalue weighted by molar-refractivity contribution is 0.0963. The number of guanidine groups is 1. The van der Waals surface area contributed by atoms with Crippen LogP contribution in [0.4, 0.5) is 9.18 Å². The van der Waals surface area contributed by atoms with Gasteiger partial charge in [-0.2, -0.15) is 4.98 Å². The summed E-state index contributed by atoms with van der Waals surface area (Å²) in [5.74, 6) is 1.02. The van der Waals surface area contributed by atoms with Gasteiger partial charge in [-0.1, -0.05) is 5.16 Å². The number of likely N-dealkylation sites (tertiary alicyclic amines) is 1. The summed E-state index contributed by atoms with van der Waals surface area (Å²) >= 11 is 0. The first-order valence-corrected chi connectivity index (χ1v) is 10.1. The number of benzene rings is 1. The molecule has 3 N–H and O–H groups in total. The summed E-state index contributed by atoms with van der Waals surface area (Å²) in [6, 6.07) is 6.12. The maximum atomic E-state index is 13.0. The number of carbonyl (C=O) groups is 1. The van der Waals surface area contributed by atoms with Gasteiger partial charge in [0.2, 0.25) is 11.7 Å². The number of ether oxygens (including phenoxy) is 1. The third kappa shape index (κ3) is 7.64. The average Bonchev–Trinajstić information content (AvgIpc) is 3.21. The molecule has 9 nitrogen and oxygen atoms in total. The van der Waals surface area contributed by atoms with Crippen molar-refractivity contribution in [2.24, 2.45) is 10.7 Å². The van der Waals surface area contributed by atoms with Crippen molar-refractivity contribution < 1.29 is 18.4 Å². The van der Waals surface area contributed by atoms with Crippen molar-refractivity contribution in [3.05, 3.63) is 36.0 Å². The van der Waals surface area contributed by atoms with Crippen molar-refractivity contribution in [1.82, 2.24) is 20.4 Å². The average molecular weight is 546 g/mol. The van der Waals surface area contributed by atoms with Gasteiger partial charge >= 0.3 is 6.09 Å². The molecule has 170 valence electrons. The molecule has 0 atom stereocenters. The molecule has 1 aliphatic rings. The molecule has 0 saturated carbocycles. The molecule has 1 aromatic carbocycles. The van der Waals surface area contributed by atoms with E-state index in [0.717, 1.165) is 12.8 Å². The maximum Gasteiger partial charge on any atom is 0.409 e. The minimum atomic E-state index is -0.309. The van der Waals surface area contributed by atoms with E-state index in [2.05, 4.69) is 20.4 Å². The zero-order valence-electron chi connectivity index (χ0n) is 17.4. The molecule has 0 spiro atoms. The fourth-order valence-electron chi connectivity index (χ4n) is 3.18. The number of hydrogen-bond donors (Lipinski definition) is 2. The highest BCUT2D eigenvalue weighted by Gasteiger charge is 2.23. The molecule has 0 aliphatic carbocycles. The number of aromatic nitrogens is 2. The number of rotatable bonds is 7. The number of aliphatic imine (C=N–C) groups is 1. The Balaban J connectivity index is 0.00000341. The van der Waals surface area contributed by atoms with Crippen molar-refractivity contribution in [3.63, 3.8) is 0 Å². The van der Waals surface area contributed by atoms with Crippen molar-refractivity contribution in [3.8, 4) is 11.4 Å². The molecule has 0 bridgehead atoms. The number of carbonyl (C=O) groups excluding carboxylic acids is 1. The summed E-state index contributed by atoms with van der Waals surface area (Å²) in [6.45, 7) is 3.98. The molecule has 1 aromatic heterocycles. The van der Waals surface area contributed by atoms with Crippen LogP contribution in [0, 0.1) is 5.82 Å². The van der Waals surface area contributed by atoms with Gasteiger partial charge in [-0.25, -0.2) is 9.18 Å². The Kier molecular flexibility index (Phi) is 9.95. The Hall–Kier alpha value is -2.44. The summed E-state index contributed by atoms with van der Waals surface area (Å²) < 4.78 is 23.2. The number of piperidine rings is 1. The smallest absolute Gasteiger partial charge is 0.409 e. The second kappa shape index (κ2) is 12.4. The number of nitrogens with zero attached hydrogens (tertiary/aromatic N) is 4. The second-order valence-corrected chi connectivity index (χ2v) is 6.99. The summed E-state index contributed by atoms with van der Waals surface area (Å²) in [5.41, 5.74) is 6.67. The number of amides is 1. The van der Waals surface area contributed by atoms with E-state index in [0.29, 0.717) is 62.3 Å². The molecule has 2 aromatic rings. The standard InChI is InChI=1S/C20H27FN6O3.HI/c1-2-29-20(28)27-12-9-16(10-13-27)24-19(22)23-11-3-4-17-25-18(26-30-17)14-5-7-15(21)8-6-14;/h5-8,16H,2-4,9-13H2,1H3,(H3,22,23,24);1H. The van der Waals surface area contributed by atoms with Crippen LogP contribution in [0.1, 0.15) is 32.1 Å². The van der Waals surface area contributed by atoms with E-state index in [1.165, 1.54) is 12.1 Å². The third-order valence-electron chi connectivity index (χ3n) is 4.77. The Morgan fingerprint density at radius 3 is 2.74 bits per heavy atom. The number of halogens is 2. The molecule has 0 radical (unpaired) electrons. The topological polar surface area (TPSA) is 119 Å².